The van der Waals surface area contributed by atoms with Gasteiger partial charge < -0.3 is 19.5 Å². The van der Waals surface area contributed by atoms with Crippen molar-refractivity contribution in [3.63, 3.8) is 0 Å². The quantitative estimate of drug-likeness (QED) is 0.434. The van der Waals surface area contributed by atoms with Crippen molar-refractivity contribution < 1.29 is 28.6 Å². The molecule has 0 spiro atoms. The number of hydrazine groups is 1. The second-order valence-corrected chi connectivity index (χ2v) is 8.87. The molecule has 2 rings (SSSR count). The molecule has 3 N–H and O–H groups in total. The highest BCUT2D eigenvalue weighted by Gasteiger charge is 2.26. The first-order chi connectivity index (χ1) is 16.0. The van der Waals surface area contributed by atoms with Crippen molar-refractivity contribution in [1.29, 1.82) is 0 Å². The van der Waals surface area contributed by atoms with Gasteiger partial charge in [0.1, 0.15) is 0 Å². The van der Waals surface area contributed by atoms with Crippen molar-refractivity contribution in [3.05, 3.63) is 45.9 Å². The standard InChI is InChI=1S/C23H27Cl2N3O6/c1-23(2,11-18(29)26-15-8-6-7-14(24)20(15)25)12-19(30)27-28-22(31)13-9-16(32-3)21(34-5)17(10-13)33-4/h6-10H,11-12H2,1-5H3,(H,26,29)(H,27,30)(H,28,31). The topological polar surface area (TPSA) is 115 Å². The van der Waals surface area contributed by atoms with Crippen molar-refractivity contribution in [2.45, 2.75) is 26.7 Å². The summed E-state index contributed by atoms with van der Waals surface area (Å²) >= 11 is 12.1. The van der Waals surface area contributed by atoms with Crippen LogP contribution in [0, 0.1) is 5.41 Å². The van der Waals surface area contributed by atoms with E-state index in [1.807, 2.05) is 0 Å². The molecule has 9 nitrogen and oxygen atoms in total. The highest BCUT2D eigenvalue weighted by atomic mass is 35.5. The van der Waals surface area contributed by atoms with Gasteiger partial charge in [-0.1, -0.05) is 43.1 Å². The summed E-state index contributed by atoms with van der Waals surface area (Å²) in [6.07, 6.45) is 0.00329. The van der Waals surface area contributed by atoms with Crippen LogP contribution in [0.15, 0.2) is 30.3 Å². The van der Waals surface area contributed by atoms with Gasteiger partial charge >= 0.3 is 0 Å². The van der Waals surface area contributed by atoms with Crippen LogP contribution >= 0.6 is 23.2 Å². The molecule has 0 atom stereocenters. The molecule has 0 aromatic heterocycles. The number of halogens is 2. The lowest BCUT2D eigenvalue weighted by Crippen LogP contribution is -2.43. The largest absolute Gasteiger partial charge is 0.493 e. The molecule has 0 aliphatic rings. The molecule has 184 valence electrons. The Kier molecular flexibility index (Phi) is 9.40. The smallest absolute Gasteiger partial charge is 0.269 e. The van der Waals surface area contributed by atoms with E-state index < -0.39 is 17.2 Å². The first-order valence-corrected chi connectivity index (χ1v) is 10.9. The second-order valence-electron chi connectivity index (χ2n) is 8.08. The number of amides is 3. The summed E-state index contributed by atoms with van der Waals surface area (Å²) in [6.45, 7) is 3.51. The summed E-state index contributed by atoms with van der Waals surface area (Å²) in [5.41, 5.74) is 4.56. The van der Waals surface area contributed by atoms with Crippen molar-refractivity contribution in [2.24, 2.45) is 5.41 Å². The van der Waals surface area contributed by atoms with Crippen LogP contribution in [-0.4, -0.2) is 39.1 Å². The summed E-state index contributed by atoms with van der Waals surface area (Å²) in [4.78, 5) is 37.4. The molecule has 0 aliphatic heterocycles. The maximum atomic E-state index is 12.5. The predicted octanol–water partition coefficient (Wildman–Crippen LogP) is 4.23. The Morgan fingerprint density at radius 2 is 1.47 bits per heavy atom. The molecule has 2 aromatic carbocycles. The van der Waals surface area contributed by atoms with E-state index in [1.54, 1.807) is 32.0 Å². The van der Waals surface area contributed by atoms with Crippen molar-refractivity contribution in [2.75, 3.05) is 26.6 Å². The van der Waals surface area contributed by atoms with Crippen LogP contribution in [0.3, 0.4) is 0 Å². The fourth-order valence-corrected chi connectivity index (χ4v) is 3.53. The number of rotatable bonds is 9. The van der Waals surface area contributed by atoms with E-state index in [1.165, 1.54) is 33.5 Å². The maximum absolute atomic E-state index is 12.5. The summed E-state index contributed by atoms with van der Waals surface area (Å²) in [6, 6.07) is 7.82. The molecular formula is C23H27Cl2N3O6. The highest BCUT2D eigenvalue weighted by molar-refractivity contribution is 6.44. The van der Waals surface area contributed by atoms with Crippen molar-refractivity contribution in [1.82, 2.24) is 10.9 Å². The third-order valence-corrected chi connectivity index (χ3v) is 5.57. The Bertz CT molecular complexity index is 1050. The molecule has 0 saturated heterocycles. The van der Waals surface area contributed by atoms with E-state index in [2.05, 4.69) is 16.2 Å². The molecule has 0 saturated carbocycles. The third-order valence-electron chi connectivity index (χ3n) is 4.75. The van der Waals surface area contributed by atoms with E-state index in [9.17, 15) is 14.4 Å². The average Bonchev–Trinajstić information content (AvgIpc) is 2.78. The molecular weight excluding hydrogens is 485 g/mol. The number of benzene rings is 2. The fourth-order valence-electron chi connectivity index (χ4n) is 3.18. The lowest BCUT2D eigenvalue weighted by Gasteiger charge is -2.23. The minimum absolute atomic E-state index is 0.0285. The van der Waals surface area contributed by atoms with Gasteiger partial charge in [-0.25, -0.2) is 0 Å². The summed E-state index contributed by atoms with van der Waals surface area (Å²) in [7, 11) is 4.31. The van der Waals surface area contributed by atoms with Crippen molar-refractivity contribution in [3.8, 4) is 17.2 Å². The molecule has 34 heavy (non-hydrogen) atoms. The normalized spacial score (nSPS) is 10.8. The minimum atomic E-state index is -0.712. The van der Waals surface area contributed by atoms with E-state index in [0.717, 1.165) is 0 Å². The van der Waals surface area contributed by atoms with Gasteiger partial charge in [-0.3, -0.25) is 25.2 Å². The molecule has 0 unspecified atom stereocenters. The van der Waals surface area contributed by atoms with Crippen LogP contribution in [0.1, 0.15) is 37.0 Å². The van der Waals surface area contributed by atoms with Gasteiger partial charge in [0.05, 0.1) is 37.1 Å². The molecule has 2 aromatic rings. The van der Waals surface area contributed by atoms with Gasteiger partial charge in [-0.05, 0) is 29.7 Å². The molecule has 3 amide bonds. The molecule has 0 aliphatic carbocycles. The number of carbonyl (C=O) groups excluding carboxylic acids is 3. The zero-order chi connectivity index (χ0) is 25.5. The molecule has 0 heterocycles. The van der Waals surface area contributed by atoms with Crippen LogP contribution in [0.5, 0.6) is 17.2 Å². The first kappa shape index (κ1) is 27.1. The van der Waals surface area contributed by atoms with E-state index in [-0.39, 0.29) is 29.3 Å². The Labute approximate surface area is 208 Å². The minimum Gasteiger partial charge on any atom is -0.493 e. The number of nitrogens with one attached hydrogen (secondary N) is 3. The van der Waals surface area contributed by atoms with Gasteiger partial charge in [0.2, 0.25) is 17.6 Å². The van der Waals surface area contributed by atoms with Crippen LogP contribution in [-0.2, 0) is 9.59 Å². The zero-order valence-electron chi connectivity index (χ0n) is 19.5. The number of carbonyl (C=O) groups is 3. The third kappa shape index (κ3) is 7.16. The first-order valence-electron chi connectivity index (χ1n) is 10.1. The Hall–Kier alpha value is -3.17. The summed E-state index contributed by atoms with van der Waals surface area (Å²) < 4.78 is 15.7. The number of methoxy groups -OCH3 is 3. The Morgan fingerprint density at radius 3 is 2.03 bits per heavy atom. The van der Waals surface area contributed by atoms with Crippen LogP contribution in [0.4, 0.5) is 5.69 Å². The maximum Gasteiger partial charge on any atom is 0.269 e. The van der Waals surface area contributed by atoms with Gasteiger partial charge in [0.25, 0.3) is 5.91 Å². The fraction of sp³-hybridized carbons (Fsp3) is 0.348. The lowest BCUT2D eigenvalue weighted by molar-refractivity contribution is -0.124. The van der Waals surface area contributed by atoms with Crippen LogP contribution in [0.25, 0.3) is 0 Å². The zero-order valence-corrected chi connectivity index (χ0v) is 21.0. The van der Waals surface area contributed by atoms with Gasteiger partial charge in [-0.15, -0.1) is 0 Å². The van der Waals surface area contributed by atoms with Gasteiger partial charge in [-0.2, -0.15) is 0 Å². The average molecular weight is 512 g/mol. The SMILES string of the molecule is COc1cc(C(=O)NNC(=O)CC(C)(C)CC(=O)Nc2cccc(Cl)c2Cl)cc(OC)c1OC. The number of anilines is 1. The molecule has 0 fully saturated rings. The highest BCUT2D eigenvalue weighted by Crippen LogP contribution is 2.38. The predicted molar refractivity (Wildman–Crippen MR) is 130 cm³/mol. The van der Waals surface area contributed by atoms with Crippen molar-refractivity contribution >= 4 is 46.6 Å². The monoisotopic (exact) mass is 511 g/mol. The Morgan fingerprint density at radius 1 is 0.882 bits per heavy atom. The van der Waals surface area contributed by atoms with Crippen LogP contribution in [0.2, 0.25) is 10.0 Å². The number of ether oxygens (including phenoxy) is 3. The molecule has 0 radical (unpaired) electrons. The number of hydrogen-bond donors (Lipinski definition) is 3. The van der Waals surface area contributed by atoms with Gasteiger partial charge in [0, 0.05) is 18.4 Å². The molecule has 0 bridgehead atoms. The summed E-state index contributed by atoms with van der Waals surface area (Å²) in [5.74, 6) is -0.457. The van der Waals surface area contributed by atoms with Gasteiger partial charge in [0.15, 0.2) is 11.5 Å². The van der Waals surface area contributed by atoms with E-state index >= 15 is 0 Å². The Balaban J connectivity index is 1.95. The second kappa shape index (κ2) is 11.8. The van der Waals surface area contributed by atoms with E-state index in [0.29, 0.717) is 28.0 Å². The van der Waals surface area contributed by atoms with E-state index in [4.69, 9.17) is 37.4 Å². The molecule has 11 heteroatoms. The number of hydrogen-bond acceptors (Lipinski definition) is 6. The van der Waals surface area contributed by atoms with Crippen LogP contribution < -0.4 is 30.4 Å². The lowest BCUT2D eigenvalue weighted by atomic mass is 9.85. The summed E-state index contributed by atoms with van der Waals surface area (Å²) in [5, 5.41) is 3.25.